The van der Waals surface area contributed by atoms with Crippen LogP contribution in [0.3, 0.4) is 0 Å². The minimum Gasteiger partial charge on any atom is -0.505 e. The van der Waals surface area contributed by atoms with Gasteiger partial charge in [-0.1, -0.05) is 0 Å². The van der Waals surface area contributed by atoms with Crippen molar-refractivity contribution in [3.05, 3.63) is 24.0 Å². The first kappa shape index (κ1) is 12.3. The topological polar surface area (TPSA) is 90.7 Å². The van der Waals surface area contributed by atoms with E-state index in [1.165, 1.54) is 23.4 Å². The average Bonchev–Trinajstić information content (AvgIpc) is 2.76. The van der Waals surface area contributed by atoms with Gasteiger partial charge in [-0.25, -0.2) is 0 Å². The molecule has 1 aromatic rings. The van der Waals surface area contributed by atoms with Crippen LogP contribution in [0.25, 0.3) is 0 Å². The SMILES string of the molecule is O=C(O)CC1CCCN1C(=O)c1ccncc1O. The molecule has 1 amide bonds. The van der Waals surface area contributed by atoms with Crippen molar-refractivity contribution in [3.8, 4) is 5.75 Å². The number of nitrogens with zero attached hydrogens (tertiary/aromatic N) is 2. The molecule has 0 radical (unpaired) electrons. The molecule has 1 atom stereocenters. The first-order valence-electron chi connectivity index (χ1n) is 5.75. The molecule has 0 saturated carbocycles. The summed E-state index contributed by atoms with van der Waals surface area (Å²) in [6.07, 6.45) is 4.04. The molecule has 1 aromatic heterocycles. The number of rotatable bonds is 3. The third-order valence-electron chi connectivity index (χ3n) is 3.08. The summed E-state index contributed by atoms with van der Waals surface area (Å²) in [5.41, 5.74) is 0.169. The van der Waals surface area contributed by atoms with Crippen LogP contribution in [-0.4, -0.2) is 44.6 Å². The van der Waals surface area contributed by atoms with Crippen LogP contribution in [0.5, 0.6) is 5.75 Å². The van der Waals surface area contributed by atoms with Crippen molar-refractivity contribution in [1.29, 1.82) is 0 Å². The van der Waals surface area contributed by atoms with Crippen LogP contribution >= 0.6 is 0 Å². The van der Waals surface area contributed by atoms with Gasteiger partial charge in [0.05, 0.1) is 18.2 Å². The Balaban J connectivity index is 2.18. The highest BCUT2D eigenvalue weighted by atomic mass is 16.4. The van der Waals surface area contributed by atoms with Crippen LogP contribution in [0.4, 0.5) is 0 Å². The fourth-order valence-corrected chi connectivity index (χ4v) is 2.24. The Bertz CT molecular complexity index is 475. The van der Waals surface area contributed by atoms with E-state index >= 15 is 0 Å². The Morgan fingerprint density at radius 3 is 2.94 bits per heavy atom. The third kappa shape index (κ3) is 2.42. The molecule has 1 unspecified atom stereocenters. The van der Waals surface area contributed by atoms with Gasteiger partial charge in [0.25, 0.3) is 5.91 Å². The van der Waals surface area contributed by atoms with Gasteiger partial charge in [-0.3, -0.25) is 14.6 Å². The maximum Gasteiger partial charge on any atom is 0.305 e. The molecule has 1 aliphatic rings. The number of hydrogen-bond donors (Lipinski definition) is 2. The molecule has 0 aromatic carbocycles. The van der Waals surface area contributed by atoms with E-state index in [1.807, 2.05) is 0 Å². The second kappa shape index (κ2) is 5.03. The number of carbonyl (C=O) groups excluding carboxylic acids is 1. The zero-order valence-corrected chi connectivity index (χ0v) is 9.74. The van der Waals surface area contributed by atoms with E-state index in [0.29, 0.717) is 13.0 Å². The number of carboxylic acids is 1. The summed E-state index contributed by atoms with van der Waals surface area (Å²) < 4.78 is 0. The maximum atomic E-state index is 12.2. The number of pyridine rings is 1. The normalized spacial score (nSPS) is 18.9. The number of amides is 1. The van der Waals surface area contributed by atoms with Gasteiger partial charge < -0.3 is 15.1 Å². The van der Waals surface area contributed by atoms with E-state index in [9.17, 15) is 14.7 Å². The first-order valence-corrected chi connectivity index (χ1v) is 5.75. The van der Waals surface area contributed by atoms with E-state index in [1.54, 1.807) is 0 Å². The lowest BCUT2D eigenvalue weighted by Crippen LogP contribution is -2.36. The lowest BCUT2D eigenvalue weighted by Gasteiger charge is -2.23. The Morgan fingerprint density at radius 1 is 1.50 bits per heavy atom. The standard InChI is InChI=1S/C12H14N2O4/c15-10-7-13-4-3-9(10)12(18)14-5-1-2-8(14)6-11(16)17/h3-4,7-8,15H,1-2,5-6H2,(H,16,17). The van der Waals surface area contributed by atoms with Crippen LogP contribution < -0.4 is 0 Å². The summed E-state index contributed by atoms with van der Waals surface area (Å²) in [7, 11) is 0. The molecule has 2 N–H and O–H groups in total. The molecular formula is C12H14N2O4. The van der Waals surface area contributed by atoms with E-state index in [0.717, 1.165) is 6.42 Å². The van der Waals surface area contributed by atoms with Gasteiger partial charge in [0.15, 0.2) is 0 Å². The van der Waals surface area contributed by atoms with Crippen molar-refractivity contribution in [1.82, 2.24) is 9.88 Å². The van der Waals surface area contributed by atoms with Gasteiger partial charge in [-0.15, -0.1) is 0 Å². The molecule has 2 heterocycles. The van der Waals surface area contributed by atoms with E-state index in [-0.39, 0.29) is 29.7 Å². The van der Waals surface area contributed by atoms with Gasteiger partial charge in [-0.2, -0.15) is 0 Å². The molecule has 6 heteroatoms. The Kier molecular flexibility index (Phi) is 3.45. The van der Waals surface area contributed by atoms with E-state index < -0.39 is 5.97 Å². The Morgan fingerprint density at radius 2 is 2.28 bits per heavy atom. The summed E-state index contributed by atoms with van der Waals surface area (Å²) in [6.45, 7) is 0.526. The highest BCUT2D eigenvalue weighted by molar-refractivity contribution is 5.97. The van der Waals surface area contributed by atoms with Crippen molar-refractivity contribution < 1.29 is 19.8 Å². The summed E-state index contributed by atoms with van der Waals surface area (Å²) in [5.74, 6) is -1.43. The quantitative estimate of drug-likeness (QED) is 0.830. The molecule has 0 aliphatic carbocycles. The molecule has 1 saturated heterocycles. The molecule has 0 bridgehead atoms. The number of aromatic nitrogens is 1. The smallest absolute Gasteiger partial charge is 0.305 e. The van der Waals surface area contributed by atoms with Gasteiger partial charge in [0.1, 0.15) is 5.75 Å². The van der Waals surface area contributed by atoms with Crippen LogP contribution in [0.1, 0.15) is 29.6 Å². The molecule has 1 fully saturated rings. The number of aromatic hydroxyl groups is 1. The molecule has 96 valence electrons. The highest BCUT2D eigenvalue weighted by Gasteiger charge is 2.31. The molecular weight excluding hydrogens is 236 g/mol. The fraction of sp³-hybridized carbons (Fsp3) is 0.417. The number of aliphatic carboxylic acids is 1. The second-order valence-electron chi connectivity index (χ2n) is 4.29. The zero-order valence-electron chi connectivity index (χ0n) is 9.74. The van der Waals surface area contributed by atoms with Crippen molar-refractivity contribution in [2.24, 2.45) is 0 Å². The van der Waals surface area contributed by atoms with Crippen LogP contribution in [0.15, 0.2) is 18.5 Å². The number of carbonyl (C=O) groups is 2. The number of likely N-dealkylation sites (tertiary alicyclic amines) is 1. The van der Waals surface area contributed by atoms with Crippen molar-refractivity contribution in [3.63, 3.8) is 0 Å². The monoisotopic (exact) mass is 250 g/mol. The lowest BCUT2D eigenvalue weighted by atomic mass is 10.1. The summed E-state index contributed by atoms with van der Waals surface area (Å²) >= 11 is 0. The summed E-state index contributed by atoms with van der Waals surface area (Å²) in [6, 6.07) is 1.15. The van der Waals surface area contributed by atoms with Crippen molar-refractivity contribution >= 4 is 11.9 Å². The van der Waals surface area contributed by atoms with Crippen LogP contribution in [0, 0.1) is 0 Å². The fourth-order valence-electron chi connectivity index (χ4n) is 2.24. The van der Waals surface area contributed by atoms with Gasteiger partial charge in [0.2, 0.25) is 0 Å². The molecule has 6 nitrogen and oxygen atoms in total. The Hall–Kier alpha value is -2.11. The van der Waals surface area contributed by atoms with Gasteiger partial charge >= 0.3 is 5.97 Å². The van der Waals surface area contributed by atoms with Crippen molar-refractivity contribution in [2.75, 3.05) is 6.54 Å². The molecule has 18 heavy (non-hydrogen) atoms. The van der Waals surface area contributed by atoms with E-state index in [4.69, 9.17) is 5.11 Å². The predicted molar refractivity (Wildman–Crippen MR) is 62.2 cm³/mol. The van der Waals surface area contributed by atoms with Crippen LogP contribution in [0.2, 0.25) is 0 Å². The number of carboxylic acid groups (broad SMARTS) is 1. The first-order chi connectivity index (χ1) is 8.59. The highest BCUT2D eigenvalue weighted by Crippen LogP contribution is 2.25. The molecule has 2 rings (SSSR count). The number of hydrogen-bond acceptors (Lipinski definition) is 4. The third-order valence-corrected chi connectivity index (χ3v) is 3.08. The lowest BCUT2D eigenvalue weighted by molar-refractivity contribution is -0.137. The second-order valence-corrected chi connectivity index (χ2v) is 4.29. The summed E-state index contributed by atoms with van der Waals surface area (Å²) in [5, 5.41) is 18.4. The average molecular weight is 250 g/mol. The minimum atomic E-state index is -0.918. The van der Waals surface area contributed by atoms with Gasteiger partial charge in [-0.05, 0) is 18.9 Å². The molecule has 1 aliphatic heterocycles. The van der Waals surface area contributed by atoms with Crippen LogP contribution in [-0.2, 0) is 4.79 Å². The van der Waals surface area contributed by atoms with Gasteiger partial charge in [0, 0.05) is 18.8 Å². The minimum absolute atomic E-state index is 0.0580. The molecule has 0 spiro atoms. The van der Waals surface area contributed by atoms with E-state index in [2.05, 4.69) is 4.98 Å². The maximum absolute atomic E-state index is 12.2. The van der Waals surface area contributed by atoms with Crippen molar-refractivity contribution in [2.45, 2.75) is 25.3 Å². The predicted octanol–water partition coefficient (Wildman–Crippen LogP) is 0.866. The zero-order chi connectivity index (χ0) is 13.1. The summed E-state index contributed by atoms with van der Waals surface area (Å²) in [4.78, 5) is 28.2. The Labute approximate surface area is 104 Å². The largest absolute Gasteiger partial charge is 0.505 e.